The summed E-state index contributed by atoms with van der Waals surface area (Å²) < 4.78 is 9.47. The monoisotopic (exact) mass is 576 g/mol. The summed E-state index contributed by atoms with van der Waals surface area (Å²) in [6.07, 6.45) is -0.904. The van der Waals surface area contributed by atoms with Gasteiger partial charge in [-0.1, -0.05) is 41.9 Å². The molecule has 2 aromatic rings. The average Bonchev–Trinajstić information content (AvgIpc) is 3.17. The van der Waals surface area contributed by atoms with Crippen LogP contribution in [0.5, 0.6) is 0 Å². The molecule has 2 aliphatic heterocycles. The molecule has 2 saturated heterocycles. The van der Waals surface area contributed by atoms with Gasteiger partial charge in [0.1, 0.15) is 30.1 Å². The maximum absolute atomic E-state index is 13.3. The van der Waals surface area contributed by atoms with Crippen molar-refractivity contribution < 1.29 is 33.6 Å². The minimum atomic E-state index is -1.19. The highest BCUT2D eigenvalue weighted by Crippen LogP contribution is 2.51. The van der Waals surface area contributed by atoms with Crippen molar-refractivity contribution in [2.75, 3.05) is 6.07 Å². The van der Waals surface area contributed by atoms with Crippen LogP contribution in [-0.2, 0) is 30.5 Å². The normalized spacial score (nSPS) is 21.7. The number of hydrogen-bond acceptors (Lipinski definition) is 9. The zero-order chi connectivity index (χ0) is 28.3. The van der Waals surface area contributed by atoms with Gasteiger partial charge in [-0.25, -0.2) is 9.59 Å². The zero-order valence-electron chi connectivity index (χ0n) is 20.9. The van der Waals surface area contributed by atoms with Gasteiger partial charge in [-0.05, 0) is 37.1 Å². The van der Waals surface area contributed by atoms with Gasteiger partial charge >= 0.3 is 12.1 Å². The first kappa shape index (κ1) is 28.2. The van der Waals surface area contributed by atoms with Gasteiger partial charge in [0.05, 0.1) is 4.92 Å². The van der Waals surface area contributed by atoms with Crippen LogP contribution in [0.1, 0.15) is 31.0 Å². The van der Waals surface area contributed by atoms with Crippen LogP contribution in [-0.4, -0.2) is 62.0 Å². The largest absolute Gasteiger partial charge is 0.448 e. The molecule has 39 heavy (non-hydrogen) atoms. The molecule has 1 unspecified atom stereocenters. The van der Waals surface area contributed by atoms with Crippen LogP contribution in [0, 0.1) is 10.1 Å². The number of carbonyl (C=O) groups is 4. The van der Waals surface area contributed by atoms with Crippen molar-refractivity contribution in [3.8, 4) is 0 Å². The first-order chi connectivity index (χ1) is 18.5. The third-order valence-electron chi connectivity index (χ3n) is 6.33. The van der Waals surface area contributed by atoms with Crippen molar-refractivity contribution >= 4 is 52.9 Å². The molecular formula is C25H25ClN4O8S. The number of nitro groups is 1. The number of nitro benzene ring substituents is 1. The smallest absolute Gasteiger partial charge is 0.408 e. The van der Waals surface area contributed by atoms with Crippen molar-refractivity contribution in [3.05, 3.63) is 75.8 Å². The molecule has 0 spiro atoms. The maximum Gasteiger partial charge on any atom is 0.408 e. The summed E-state index contributed by atoms with van der Waals surface area (Å²) in [5.41, 5.74) is 0.868. The number of ether oxygens (including phenoxy) is 2. The number of thioether (sulfide) groups is 1. The number of nitrogens with zero attached hydrogens (tertiary/aromatic N) is 2. The van der Waals surface area contributed by atoms with Gasteiger partial charge in [0.25, 0.3) is 5.69 Å². The molecular weight excluding hydrogens is 552 g/mol. The highest BCUT2D eigenvalue weighted by Gasteiger charge is 2.64. The first-order valence-corrected chi connectivity index (χ1v) is 13.2. The van der Waals surface area contributed by atoms with Crippen LogP contribution in [0.15, 0.2) is 54.6 Å². The van der Waals surface area contributed by atoms with E-state index in [2.05, 4.69) is 10.6 Å². The number of esters is 1. The number of β-lactam (4-membered cyclic amide) rings is 1. The summed E-state index contributed by atoms with van der Waals surface area (Å²) in [6.45, 7) is 3.42. The van der Waals surface area contributed by atoms with E-state index in [-0.39, 0.29) is 18.4 Å². The number of benzene rings is 2. The van der Waals surface area contributed by atoms with Gasteiger partial charge in [-0.2, -0.15) is 0 Å². The van der Waals surface area contributed by atoms with Crippen molar-refractivity contribution in [1.29, 1.82) is 0 Å². The molecule has 2 aliphatic rings. The van der Waals surface area contributed by atoms with E-state index < -0.39 is 57.0 Å². The molecule has 0 aromatic heterocycles. The molecule has 12 nitrogen and oxygen atoms in total. The predicted octanol–water partition coefficient (Wildman–Crippen LogP) is 2.85. The van der Waals surface area contributed by atoms with Gasteiger partial charge < -0.3 is 25.0 Å². The Kier molecular flexibility index (Phi) is 8.31. The van der Waals surface area contributed by atoms with Gasteiger partial charge in [0, 0.05) is 16.9 Å². The van der Waals surface area contributed by atoms with Gasteiger partial charge in [0.2, 0.25) is 11.8 Å². The van der Waals surface area contributed by atoms with E-state index in [1.165, 1.54) is 40.9 Å². The first-order valence-electron chi connectivity index (χ1n) is 11.8. The fourth-order valence-electron chi connectivity index (χ4n) is 4.46. The second-order valence-corrected chi connectivity index (χ2v) is 11.3. The molecule has 0 radical (unpaired) electrons. The van der Waals surface area contributed by atoms with E-state index in [9.17, 15) is 29.3 Å². The number of carbonyl (C=O) groups excluding carboxylic acids is 4. The van der Waals surface area contributed by atoms with E-state index in [4.69, 9.17) is 21.1 Å². The van der Waals surface area contributed by atoms with Gasteiger partial charge in [0.15, 0.2) is 6.07 Å². The Labute approximate surface area is 232 Å². The minimum Gasteiger partial charge on any atom is -0.448 e. The van der Waals surface area contributed by atoms with E-state index in [0.717, 1.165) is 0 Å². The topological polar surface area (TPSA) is 157 Å². The lowest BCUT2D eigenvalue weighted by Gasteiger charge is -2.44. The summed E-state index contributed by atoms with van der Waals surface area (Å²) in [5, 5.41) is 15.5. The lowest BCUT2D eigenvalue weighted by Crippen LogP contribution is -2.71. The van der Waals surface area contributed by atoms with Crippen molar-refractivity contribution in [2.45, 2.75) is 48.7 Å². The Morgan fingerprint density at radius 3 is 2.41 bits per heavy atom. The number of amides is 3. The van der Waals surface area contributed by atoms with E-state index in [1.54, 1.807) is 44.2 Å². The third kappa shape index (κ3) is 5.93. The molecule has 4 rings (SSSR count). The van der Waals surface area contributed by atoms with Crippen molar-refractivity contribution in [2.24, 2.45) is 0 Å². The number of nitrogens with one attached hydrogen (secondary N) is 2. The van der Waals surface area contributed by atoms with E-state index in [0.29, 0.717) is 11.1 Å². The predicted molar refractivity (Wildman–Crippen MR) is 140 cm³/mol. The second-order valence-electron chi connectivity index (χ2n) is 9.31. The van der Waals surface area contributed by atoms with Crippen LogP contribution in [0.3, 0.4) is 0 Å². The van der Waals surface area contributed by atoms with E-state index in [1.807, 2.05) is 0 Å². The summed E-state index contributed by atoms with van der Waals surface area (Å²) in [4.78, 5) is 63.0. The Morgan fingerprint density at radius 1 is 1.13 bits per heavy atom. The van der Waals surface area contributed by atoms with Gasteiger partial charge in [-0.3, -0.25) is 19.7 Å². The Hall–Kier alpha value is -3.84. The van der Waals surface area contributed by atoms with Gasteiger partial charge in [-0.15, -0.1) is 11.8 Å². The van der Waals surface area contributed by atoms with Crippen molar-refractivity contribution in [3.63, 3.8) is 0 Å². The molecule has 4 atom stereocenters. The Bertz CT molecular complexity index is 1280. The minimum absolute atomic E-state index is 0.0980. The lowest BCUT2D eigenvalue weighted by atomic mass is 9.95. The van der Waals surface area contributed by atoms with Crippen LogP contribution < -0.4 is 10.6 Å². The average molecular weight is 577 g/mol. The standard InChI is InChI=1S/C25H25ClN4O8S/c1-25(2)19(23(33)38-13-26)29-21(32)18(22(29)39-25)27-20(31)17(15-6-4-3-5-7-15)28-24(34)37-12-14-8-10-16(11-9-14)30(35)36/h3-11,17-19,22H,12-13H2,1-2H3,(H,27,31)(H,28,34)/t17?,18-,19+,22-/m1/s1. The molecule has 0 bridgehead atoms. The highest BCUT2D eigenvalue weighted by molar-refractivity contribution is 8.01. The molecule has 0 aliphatic carbocycles. The lowest BCUT2D eigenvalue weighted by molar-refractivity contribution is -0.384. The summed E-state index contributed by atoms with van der Waals surface area (Å²) >= 11 is 6.89. The zero-order valence-corrected chi connectivity index (χ0v) is 22.4. The Balaban J connectivity index is 1.43. The summed E-state index contributed by atoms with van der Waals surface area (Å²) in [6, 6.07) is 10.6. The molecule has 2 N–H and O–H groups in total. The van der Waals surface area contributed by atoms with Crippen LogP contribution >= 0.6 is 23.4 Å². The second kappa shape index (κ2) is 11.5. The van der Waals surface area contributed by atoms with Crippen LogP contribution in [0.4, 0.5) is 10.5 Å². The quantitative estimate of drug-likeness (QED) is 0.150. The molecule has 2 aromatic carbocycles. The fraction of sp³-hybridized carbons (Fsp3) is 0.360. The summed E-state index contributed by atoms with van der Waals surface area (Å²) in [5.74, 6) is -1.71. The number of alkyl carbamates (subject to hydrolysis) is 1. The summed E-state index contributed by atoms with van der Waals surface area (Å²) in [7, 11) is 0. The fourth-order valence-corrected chi connectivity index (χ4v) is 6.19. The molecule has 14 heteroatoms. The molecule has 2 heterocycles. The SMILES string of the molecule is CC1(C)S[C@@H]2[C@H](NC(=O)C(NC(=O)OCc3ccc([N+](=O)[O-])cc3)c3ccccc3)C(=O)N2[C@H]1C(=O)OCCl. The molecule has 3 amide bonds. The van der Waals surface area contributed by atoms with Crippen LogP contribution in [0.25, 0.3) is 0 Å². The van der Waals surface area contributed by atoms with Crippen LogP contribution in [0.2, 0.25) is 0 Å². The number of halogens is 1. The number of rotatable bonds is 9. The number of hydrogen-bond donors (Lipinski definition) is 2. The highest BCUT2D eigenvalue weighted by atomic mass is 35.5. The molecule has 2 fully saturated rings. The molecule has 206 valence electrons. The number of fused-ring (bicyclic) bond motifs is 1. The number of non-ortho nitro benzene ring substituents is 1. The maximum atomic E-state index is 13.3. The van der Waals surface area contributed by atoms with E-state index >= 15 is 0 Å². The molecule has 0 saturated carbocycles. The van der Waals surface area contributed by atoms with Crippen molar-refractivity contribution in [1.82, 2.24) is 15.5 Å². The number of alkyl halides is 1. The Morgan fingerprint density at radius 2 is 1.79 bits per heavy atom. The third-order valence-corrected chi connectivity index (χ3v) is 8.01.